The average Bonchev–Trinajstić information content (AvgIpc) is 2.64. The number of fused-ring (bicyclic) bond motifs is 1. The van der Waals surface area contributed by atoms with Crippen LogP contribution in [0.5, 0.6) is 0 Å². The van der Waals surface area contributed by atoms with Crippen LogP contribution >= 0.6 is 0 Å². The Kier molecular flexibility index (Phi) is 5.45. The average molecular weight is 345 g/mol. The summed E-state index contributed by atoms with van der Waals surface area (Å²) in [5, 5.41) is 0.504. The third-order valence-corrected chi connectivity index (χ3v) is 4.45. The highest BCUT2D eigenvalue weighted by atomic mass is 16.5. The van der Waals surface area contributed by atoms with Gasteiger partial charge in [-0.1, -0.05) is 12.1 Å². The third-order valence-electron chi connectivity index (χ3n) is 4.45. The van der Waals surface area contributed by atoms with Gasteiger partial charge in [0.25, 0.3) is 5.56 Å². The minimum atomic E-state index is -0.433. The summed E-state index contributed by atoms with van der Waals surface area (Å²) >= 11 is 0. The van der Waals surface area contributed by atoms with Crippen molar-refractivity contribution in [1.29, 1.82) is 0 Å². The largest absolute Gasteiger partial charge is 0.465 e. The summed E-state index contributed by atoms with van der Waals surface area (Å²) in [6, 6.07) is 7.10. The number of hydrogen-bond acceptors (Lipinski definition) is 6. The molecule has 0 amide bonds. The van der Waals surface area contributed by atoms with E-state index < -0.39 is 5.97 Å². The Morgan fingerprint density at radius 3 is 2.76 bits per heavy atom. The van der Waals surface area contributed by atoms with Gasteiger partial charge in [0.05, 0.1) is 36.8 Å². The fraction of sp³-hybridized carbons (Fsp3) is 0.500. The Hall–Kier alpha value is -2.25. The molecule has 0 aliphatic carbocycles. The molecule has 0 radical (unpaired) electrons. The van der Waals surface area contributed by atoms with Crippen LogP contribution in [0.4, 0.5) is 0 Å². The lowest BCUT2D eigenvalue weighted by Gasteiger charge is -2.32. The van der Waals surface area contributed by atoms with Crippen LogP contribution in [0.25, 0.3) is 10.9 Å². The van der Waals surface area contributed by atoms with Crippen LogP contribution in [0.2, 0.25) is 0 Å². The summed E-state index contributed by atoms with van der Waals surface area (Å²) in [5.74, 6) is 0.149. The highest BCUT2D eigenvalue weighted by molar-refractivity contribution is 5.78. The predicted molar refractivity (Wildman–Crippen MR) is 93.4 cm³/mol. The molecule has 0 bridgehead atoms. The van der Waals surface area contributed by atoms with Gasteiger partial charge < -0.3 is 9.47 Å². The van der Waals surface area contributed by atoms with Crippen LogP contribution in [0.3, 0.4) is 0 Å². The first-order chi connectivity index (χ1) is 12.1. The minimum absolute atomic E-state index is 0.101. The smallest absolute Gasteiger partial charge is 0.326 e. The Balaban J connectivity index is 2.07. The zero-order valence-electron chi connectivity index (χ0n) is 14.6. The van der Waals surface area contributed by atoms with Crippen LogP contribution in [-0.4, -0.2) is 53.3 Å². The van der Waals surface area contributed by atoms with Gasteiger partial charge in [0.2, 0.25) is 0 Å². The maximum atomic E-state index is 12.9. The van der Waals surface area contributed by atoms with Crippen molar-refractivity contribution < 1.29 is 14.3 Å². The molecule has 2 aromatic rings. The second-order valence-electron chi connectivity index (χ2n) is 6.01. The van der Waals surface area contributed by atoms with E-state index in [9.17, 15) is 9.59 Å². The minimum Gasteiger partial charge on any atom is -0.465 e. The lowest BCUT2D eigenvalue weighted by Crippen LogP contribution is -2.41. The van der Waals surface area contributed by atoms with Crippen molar-refractivity contribution in [3.05, 3.63) is 40.4 Å². The Bertz CT molecular complexity index is 812. The van der Waals surface area contributed by atoms with E-state index in [1.54, 1.807) is 19.1 Å². The Labute approximate surface area is 146 Å². The predicted octanol–water partition coefficient (Wildman–Crippen LogP) is 1.35. The van der Waals surface area contributed by atoms with Gasteiger partial charge in [-0.15, -0.1) is 0 Å². The first kappa shape index (κ1) is 17.6. The van der Waals surface area contributed by atoms with Gasteiger partial charge in [0, 0.05) is 13.1 Å². The van der Waals surface area contributed by atoms with Gasteiger partial charge in [-0.25, -0.2) is 4.98 Å². The SMILES string of the molecule is CCOC(=O)Cn1c(C(C)N2CCOCC2)nc2ccccc2c1=O. The normalized spacial score (nSPS) is 16.7. The molecule has 25 heavy (non-hydrogen) atoms. The summed E-state index contributed by atoms with van der Waals surface area (Å²) in [5.41, 5.74) is 0.427. The number of nitrogens with zero attached hydrogens (tertiary/aromatic N) is 3. The molecule has 7 heteroatoms. The monoisotopic (exact) mass is 345 g/mol. The van der Waals surface area contributed by atoms with Gasteiger partial charge >= 0.3 is 5.97 Å². The van der Waals surface area contributed by atoms with E-state index in [4.69, 9.17) is 14.5 Å². The van der Waals surface area contributed by atoms with Gasteiger partial charge in [-0.05, 0) is 26.0 Å². The fourth-order valence-corrected chi connectivity index (χ4v) is 3.12. The summed E-state index contributed by atoms with van der Waals surface area (Å²) < 4.78 is 11.9. The van der Waals surface area contributed by atoms with Gasteiger partial charge in [-0.2, -0.15) is 0 Å². The summed E-state index contributed by atoms with van der Waals surface area (Å²) in [4.78, 5) is 31.9. The third kappa shape index (κ3) is 3.72. The van der Waals surface area contributed by atoms with Gasteiger partial charge in [-0.3, -0.25) is 19.1 Å². The van der Waals surface area contributed by atoms with Crippen LogP contribution < -0.4 is 5.56 Å². The van der Waals surface area contributed by atoms with E-state index in [-0.39, 0.29) is 24.8 Å². The standard InChI is InChI=1S/C18H23N3O4/c1-3-25-16(22)12-21-17(13(2)20-8-10-24-11-9-20)19-15-7-5-4-6-14(15)18(21)23/h4-7,13H,3,8-12H2,1-2H3. The van der Waals surface area contributed by atoms with E-state index in [2.05, 4.69) is 4.90 Å². The molecule has 0 spiro atoms. The molecule has 1 aromatic heterocycles. The molecule has 1 aromatic carbocycles. The summed E-state index contributed by atoms with van der Waals surface area (Å²) in [6.45, 7) is 6.74. The maximum absolute atomic E-state index is 12.9. The van der Waals surface area contributed by atoms with Gasteiger partial charge in [0.1, 0.15) is 12.4 Å². The molecular weight excluding hydrogens is 322 g/mol. The van der Waals surface area contributed by atoms with Gasteiger partial charge in [0.15, 0.2) is 0 Å². The fourth-order valence-electron chi connectivity index (χ4n) is 3.12. The topological polar surface area (TPSA) is 73.7 Å². The molecule has 1 unspecified atom stereocenters. The lowest BCUT2D eigenvalue weighted by atomic mass is 10.2. The van der Waals surface area contributed by atoms with E-state index in [1.165, 1.54) is 4.57 Å². The molecule has 3 rings (SSSR count). The van der Waals surface area contributed by atoms with E-state index in [1.807, 2.05) is 19.1 Å². The van der Waals surface area contributed by atoms with Crippen LogP contribution in [0.15, 0.2) is 29.1 Å². The molecule has 1 saturated heterocycles. The van der Waals surface area contributed by atoms with Crippen molar-refractivity contribution in [2.75, 3.05) is 32.9 Å². The quantitative estimate of drug-likeness (QED) is 0.762. The number of hydrogen-bond donors (Lipinski definition) is 0. The van der Waals surface area contributed by atoms with Crippen molar-refractivity contribution in [3.63, 3.8) is 0 Å². The molecule has 2 heterocycles. The molecule has 7 nitrogen and oxygen atoms in total. The van der Waals surface area contributed by atoms with Crippen molar-refractivity contribution in [2.24, 2.45) is 0 Å². The molecule has 134 valence electrons. The van der Waals surface area contributed by atoms with Crippen LogP contribution in [0.1, 0.15) is 25.7 Å². The zero-order valence-corrected chi connectivity index (χ0v) is 14.6. The van der Waals surface area contributed by atoms with Crippen molar-refractivity contribution in [2.45, 2.75) is 26.4 Å². The number of benzene rings is 1. The molecule has 0 N–H and O–H groups in total. The highest BCUT2D eigenvalue weighted by Crippen LogP contribution is 2.20. The van der Waals surface area contributed by atoms with Crippen molar-refractivity contribution in [3.8, 4) is 0 Å². The Morgan fingerprint density at radius 2 is 2.04 bits per heavy atom. The van der Waals surface area contributed by atoms with Crippen molar-refractivity contribution >= 4 is 16.9 Å². The first-order valence-corrected chi connectivity index (χ1v) is 8.58. The number of para-hydroxylation sites is 1. The number of ether oxygens (including phenoxy) is 2. The molecule has 1 atom stereocenters. The maximum Gasteiger partial charge on any atom is 0.326 e. The zero-order chi connectivity index (χ0) is 17.8. The molecule has 0 saturated carbocycles. The molecule has 1 aliphatic heterocycles. The number of carbonyl (C=O) groups excluding carboxylic acids is 1. The molecule has 1 fully saturated rings. The summed E-state index contributed by atoms with van der Waals surface area (Å²) in [6.07, 6.45) is 0. The van der Waals surface area contributed by atoms with Crippen molar-refractivity contribution in [1.82, 2.24) is 14.5 Å². The Morgan fingerprint density at radius 1 is 1.32 bits per heavy atom. The lowest BCUT2D eigenvalue weighted by molar-refractivity contribution is -0.144. The number of aromatic nitrogens is 2. The number of morpholine rings is 1. The highest BCUT2D eigenvalue weighted by Gasteiger charge is 2.24. The number of esters is 1. The summed E-state index contributed by atoms with van der Waals surface area (Å²) in [7, 11) is 0. The van der Waals surface area contributed by atoms with E-state index in [0.717, 1.165) is 13.1 Å². The number of carbonyl (C=O) groups is 1. The second-order valence-corrected chi connectivity index (χ2v) is 6.01. The van der Waals surface area contributed by atoms with Crippen LogP contribution in [-0.2, 0) is 20.8 Å². The first-order valence-electron chi connectivity index (χ1n) is 8.58. The van der Waals surface area contributed by atoms with E-state index in [0.29, 0.717) is 29.9 Å². The number of rotatable bonds is 5. The van der Waals surface area contributed by atoms with E-state index >= 15 is 0 Å². The molecular formula is C18H23N3O4. The second kappa shape index (κ2) is 7.76. The van der Waals surface area contributed by atoms with Crippen LogP contribution in [0, 0.1) is 0 Å². The molecule has 1 aliphatic rings.